The number of hydrogen-bond donors (Lipinski definition) is 1. The summed E-state index contributed by atoms with van der Waals surface area (Å²) in [5, 5.41) is 22.4. The fourth-order valence-electron chi connectivity index (χ4n) is 1.73. The van der Waals surface area contributed by atoms with Gasteiger partial charge in [0, 0.05) is 18.1 Å². The first-order chi connectivity index (χ1) is 10.9. The quantitative estimate of drug-likeness (QED) is 0.642. The predicted molar refractivity (Wildman–Crippen MR) is 86.0 cm³/mol. The molecule has 122 valence electrons. The Balaban J connectivity index is 1.92. The lowest BCUT2D eigenvalue weighted by Crippen LogP contribution is -2.20. The molecular formula is C14H16N4O4S. The van der Waals surface area contributed by atoms with Gasteiger partial charge in [-0.1, -0.05) is 25.2 Å². The molecule has 8 nitrogen and oxygen atoms in total. The molecule has 0 spiro atoms. The Morgan fingerprint density at radius 2 is 2.17 bits per heavy atom. The molecule has 0 aliphatic carbocycles. The topological polar surface area (TPSA) is 107 Å². The number of non-ortho nitro benzene ring substituents is 1. The molecule has 9 heteroatoms. The number of ether oxygens (including phenoxy) is 1. The third-order valence-corrected chi connectivity index (χ3v) is 4.05. The zero-order valence-electron chi connectivity index (χ0n) is 12.9. The number of carbonyl (C=O) groups excluding carboxylic acids is 1. The molecule has 1 N–H and O–H groups in total. The van der Waals surface area contributed by atoms with Crippen molar-refractivity contribution in [2.24, 2.45) is 0 Å². The van der Waals surface area contributed by atoms with Gasteiger partial charge >= 0.3 is 0 Å². The summed E-state index contributed by atoms with van der Waals surface area (Å²) in [6.45, 7) is 5.45. The highest BCUT2D eigenvalue weighted by Gasteiger charge is 2.13. The number of aryl methyl sites for hydroxylation is 1. The van der Waals surface area contributed by atoms with E-state index >= 15 is 0 Å². The Labute approximate surface area is 136 Å². The van der Waals surface area contributed by atoms with Crippen molar-refractivity contribution < 1.29 is 14.5 Å². The van der Waals surface area contributed by atoms with Crippen LogP contribution in [0.3, 0.4) is 0 Å². The van der Waals surface area contributed by atoms with Gasteiger partial charge in [0.05, 0.1) is 4.92 Å². The summed E-state index contributed by atoms with van der Waals surface area (Å²) >= 11 is 1.31. The third-order valence-electron chi connectivity index (χ3n) is 2.91. The SMILES string of the molecule is Cc1cc([N+](=O)[O-])ccc1OCC(=O)Nc1nnc(C(C)C)s1. The van der Waals surface area contributed by atoms with Crippen molar-refractivity contribution in [3.8, 4) is 5.75 Å². The van der Waals surface area contributed by atoms with Gasteiger partial charge in [-0.25, -0.2) is 0 Å². The Morgan fingerprint density at radius 3 is 2.74 bits per heavy atom. The maximum atomic E-state index is 11.8. The number of hydrogen-bond acceptors (Lipinski definition) is 7. The van der Waals surface area contributed by atoms with Gasteiger partial charge in [-0.3, -0.25) is 20.2 Å². The van der Waals surface area contributed by atoms with Crippen LogP contribution in [0.1, 0.15) is 30.3 Å². The first-order valence-electron chi connectivity index (χ1n) is 6.88. The van der Waals surface area contributed by atoms with Crippen LogP contribution in [0, 0.1) is 17.0 Å². The first-order valence-corrected chi connectivity index (χ1v) is 7.69. The highest BCUT2D eigenvalue weighted by molar-refractivity contribution is 7.15. The lowest BCUT2D eigenvalue weighted by atomic mass is 10.2. The van der Waals surface area contributed by atoms with Crippen LogP contribution in [0.5, 0.6) is 5.75 Å². The van der Waals surface area contributed by atoms with E-state index in [2.05, 4.69) is 15.5 Å². The van der Waals surface area contributed by atoms with Crippen LogP contribution in [0.25, 0.3) is 0 Å². The molecule has 0 radical (unpaired) electrons. The number of benzene rings is 1. The molecule has 0 fully saturated rings. The summed E-state index contributed by atoms with van der Waals surface area (Å²) in [4.78, 5) is 22.0. The molecule has 1 amide bonds. The van der Waals surface area contributed by atoms with Crippen molar-refractivity contribution in [3.63, 3.8) is 0 Å². The lowest BCUT2D eigenvalue weighted by Gasteiger charge is -2.08. The molecule has 0 saturated heterocycles. The average molecular weight is 336 g/mol. The second-order valence-corrected chi connectivity index (χ2v) is 6.15. The maximum absolute atomic E-state index is 11.8. The minimum Gasteiger partial charge on any atom is -0.483 e. The van der Waals surface area contributed by atoms with E-state index in [1.165, 1.54) is 29.5 Å². The summed E-state index contributed by atoms with van der Waals surface area (Å²) in [5.74, 6) is 0.303. The molecule has 1 aromatic heterocycles. The smallest absolute Gasteiger partial charge is 0.269 e. The molecule has 0 atom stereocenters. The van der Waals surface area contributed by atoms with Crippen LogP contribution in [-0.4, -0.2) is 27.6 Å². The normalized spacial score (nSPS) is 10.6. The van der Waals surface area contributed by atoms with Gasteiger partial charge in [0.1, 0.15) is 10.8 Å². The zero-order valence-corrected chi connectivity index (χ0v) is 13.7. The largest absolute Gasteiger partial charge is 0.483 e. The third kappa shape index (κ3) is 4.46. The second kappa shape index (κ2) is 7.14. The molecule has 2 aromatic rings. The fraction of sp³-hybridized carbons (Fsp3) is 0.357. The number of nitrogens with zero attached hydrogens (tertiary/aromatic N) is 3. The van der Waals surface area contributed by atoms with E-state index in [-0.39, 0.29) is 24.1 Å². The van der Waals surface area contributed by atoms with Crippen molar-refractivity contribution in [1.29, 1.82) is 0 Å². The van der Waals surface area contributed by atoms with Crippen LogP contribution in [0.15, 0.2) is 18.2 Å². The molecule has 0 aliphatic rings. The fourth-order valence-corrected chi connectivity index (χ4v) is 2.49. The van der Waals surface area contributed by atoms with Gasteiger partial charge in [0.15, 0.2) is 6.61 Å². The van der Waals surface area contributed by atoms with Gasteiger partial charge in [-0.05, 0) is 18.6 Å². The Kier molecular flexibility index (Phi) is 5.22. The van der Waals surface area contributed by atoms with Crippen molar-refractivity contribution in [3.05, 3.63) is 38.9 Å². The highest BCUT2D eigenvalue weighted by atomic mass is 32.1. The zero-order chi connectivity index (χ0) is 17.0. The van der Waals surface area contributed by atoms with E-state index in [0.29, 0.717) is 16.4 Å². The van der Waals surface area contributed by atoms with Gasteiger partial charge in [-0.15, -0.1) is 10.2 Å². The van der Waals surface area contributed by atoms with Crippen LogP contribution >= 0.6 is 11.3 Å². The Hall–Kier alpha value is -2.55. The van der Waals surface area contributed by atoms with Gasteiger partial charge in [0.2, 0.25) is 5.13 Å². The molecule has 0 saturated carbocycles. The Morgan fingerprint density at radius 1 is 1.43 bits per heavy atom. The predicted octanol–water partition coefficient (Wildman–Crippen LogP) is 2.90. The molecule has 2 rings (SSSR count). The van der Waals surface area contributed by atoms with E-state index in [1.807, 2.05) is 13.8 Å². The minimum atomic E-state index is -0.481. The van der Waals surface area contributed by atoms with E-state index in [1.54, 1.807) is 6.92 Å². The molecule has 1 aromatic carbocycles. The number of nitro benzene ring substituents is 1. The van der Waals surface area contributed by atoms with Crippen LogP contribution in [0.2, 0.25) is 0 Å². The maximum Gasteiger partial charge on any atom is 0.269 e. The summed E-state index contributed by atoms with van der Waals surface area (Å²) < 4.78 is 5.38. The summed E-state index contributed by atoms with van der Waals surface area (Å²) in [7, 11) is 0. The number of rotatable bonds is 6. The van der Waals surface area contributed by atoms with Crippen molar-refractivity contribution in [2.75, 3.05) is 11.9 Å². The second-order valence-electron chi connectivity index (χ2n) is 5.14. The number of aromatic nitrogens is 2. The van der Waals surface area contributed by atoms with Crippen LogP contribution in [-0.2, 0) is 4.79 Å². The molecule has 0 bridgehead atoms. The van der Waals surface area contributed by atoms with Crippen molar-refractivity contribution in [1.82, 2.24) is 10.2 Å². The summed E-state index contributed by atoms with van der Waals surface area (Å²) in [5.41, 5.74) is 0.569. The molecule has 1 heterocycles. The molecule has 23 heavy (non-hydrogen) atoms. The standard InChI is InChI=1S/C14H16N4O4S/c1-8(2)13-16-17-14(23-13)15-12(19)7-22-11-5-4-10(18(20)21)6-9(11)3/h4-6,8H,7H2,1-3H3,(H,15,17,19). The number of carbonyl (C=O) groups is 1. The highest BCUT2D eigenvalue weighted by Crippen LogP contribution is 2.24. The monoisotopic (exact) mass is 336 g/mol. The number of nitro groups is 1. The van der Waals surface area contributed by atoms with Gasteiger partial charge in [0.25, 0.3) is 11.6 Å². The van der Waals surface area contributed by atoms with Crippen molar-refractivity contribution >= 4 is 28.1 Å². The van der Waals surface area contributed by atoms with E-state index < -0.39 is 4.92 Å². The number of anilines is 1. The minimum absolute atomic E-state index is 0.0191. The van der Waals surface area contributed by atoms with E-state index in [0.717, 1.165) is 5.01 Å². The average Bonchev–Trinajstić information content (AvgIpc) is 2.94. The number of nitrogens with one attached hydrogen (secondary N) is 1. The molecule has 0 unspecified atom stereocenters. The Bertz CT molecular complexity index is 729. The van der Waals surface area contributed by atoms with Crippen LogP contribution in [0.4, 0.5) is 10.8 Å². The summed E-state index contributed by atoms with van der Waals surface area (Å²) in [6.07, 6.45) is 0. The van der Waals surface area contributed by atoms with Gasteiger partial charge in [-0.2, -0.15) is 0 Å². The van der Waals surface area contributed by atoms with Gasteiger partial charge < -0.3 is 4.74 Å². The van der Waals surface area contributed by atoms with Crippen molar-refractivity contribution in [2.45, 2.75) is 26.7 Å². The molecular weight excluding hydrogens is 320 g/mol. The molecule has 0 aliphatic heterocycles. The number of amides is 1. The lowest BCUT2D eigenvalue weighted by molar-refractivity contribution is -0.384. The first kappa shape index (κ1) is 16.8. The van der Waals surface area contributed by atoms with Crippen LogP contribution < -0.4 is 10.1 Å². The van der Waals surface area contributed by atoms with E-state index in [4.69, 9.17) is 4.74 Å². The van der Waals surface area contributed by atoms with E-state index in [9.17, 15) is 14.9 Å². The summed E-state index contributed by atoms with van der Waals surface area (Å²) in [6, 6.07) is 4.20.